The third-order valence-electron chi connectivity index (χ3n) is 3.93. The van der Waals surface area contributed by atoms with Crippen molar-refractivity contribution in [3.63, 3.8) is 0 Å². The zero-order valence-corrected chi connectivity index (χ0v) is 13.6. The molecule has 0 aliphatic carbocycles. The molecule has 7 nitrogen and oxygen atoms in total. The Morgan fingerprint density at radius 1 is 1.24 bits per heavy atom. The maximum Gasteiger partial charge on any atom is 0.269 e. The van der Waals surface area contributed by atoms with E-state index >= 15 is 0 Å². The number of benzene rings is 1. The van der Waals surface area contributed by atoms with Gasteiger partial charge in [0.15, 0.2) is 5.92 Å². The van der Waals surface area contributed by atoms with Crippen molar-refractivity contribution < 1.29 is 19.1 Å². The molecule has 1 unspecified atom stereocenters. The van der Waals surface area contributed by atoms with Crippen molar-refractivity contribution in [1.29, 1.82) is 0 Å². The first kappa shape index (κ1) is 16.6. The molecule has 128 valence electrons. The fraction of sp³-hybridized carbons (Fsp3) is 0.222. The highest BCUT2D eigenvalue weighted by Gasteiger charge is 2.41. The summed E-state index contributed by atoms with van der Waals surface area (Å²) in [7, 11) is 1.59. The maximum atomic E-state index is 12.4. The Hall–Kier alpha value is -3.22. The van der Waals surface area contributed by atoms with Gasteiger partial charge in [0, 0.05) is 12.7 Å². The van der Waals surface area contributed by atoms with E-state index in [1.807, 2.05) is 24.3 Å². The molecule has 2 aliphatic heterocycles. The van der Waals surface area contributed by atoms with Gasteiger partial charge in [-0.05, 0) is 36.3 Å². The summed E-state index contributed by atoms with van der Waals surface area (Å²) in [6.07, 6.45) is 6.93. The minimum absolute atomic E-state index is 0.236. The first-order valence-electron chi connectivity index (χ1n) is 7.81. The fourth-order valence-electron chi connectivity index (χ4n) is 2.58. The molecule has 0 spiro atoms. The summed E-state index contributed by atoms with van der Waals surface area (Å²) in [6.45, 7) is 0.314. The number of aliphatic imine (C=N–C) groups is 1. The van der Waals surface area contributed by atoms with Crippen LogP contribution in [0.3, 0.4) is 0 Å². The predicted octanol–water partition coefficient (Wildman–Crippen LogP) is 0.821. The summed E-state index contributed by atoms with van der Waals surface area (Å²) in [5.41, 5.74) is 1.01. The van der Waals surface area contributed by atoms with E-state index in [1.54, 1.807) is 25.3 Å². The monoisotopic (exact) mass is 339 g/mol. The number of allylic oxidation sites excluding steroid dienone is 2. The van der Waals surface area contributed by atoms with E-state index in [4.69, 9.17) is 4.74 Å². The van der Waals surface area contributed by atoms with Gasteiger partial charge in [0.1, 0.15) is 11.6 Å². The Balaban J connectivity index is 1.60. The molecule has 0 saturated carbocycles. The second-order valence-corrected chi connectivity index (χ2v) is 5.54. The lowest BCUT2D eigenvalue weighted by molar-refractivity contribution is -0.144. The summed E-state index contributed by atoms with van der Waals surface area (Å²) in [6, 6.07) is 7.45. The first-order valence-corrected chi connectivity index (χ1v) is 7.81. The van der Waals surface area contributed by atoms with E-state index in [1.165, 1.54) is 11.1 Å². The molecular formula is C18H17N3O4. The molecule has 1 aromatic rings. The van der Waals surface area contributed by atoms with Crippen molar-refractivity contribution in [3.05, 3.63) is 54.3 Å². The van der Waals surface area contributed by atoms with Gasteiger partial charge in [-0.1, -0.05) is 18.2 Å². The van der Waals surface area contributed by atoms with Crippen molar-refractivity contribution in [1.82, 2.24) is 10.2 Å². The molecule has 1 N–H and O–H groups in total. The summed E-state index contributed by atoms with van der Waals surface area (Å²) >= 11 is 0. The SMILES string of the molecule is COc1ccc(CCNC(=O)C2C(=O)N=C3C=CC=CN3C2=O)cc1. The predicted molar refractivity (Wildman–Crippen MR) is 90.8 cm³/mol. The lowest BCUT2D eigenvalue weighted by Gasteiger charge is -2.27. The van der Waals surface area contributed by atoms with Crippen molar-refractivity contribution in [2.45, 2.75) is 6.42 Å². The molecule has 0 saturated heterocycles. The Bertz CT molecular complexity index is 793. The molecule has 3 rings (SSSR count). The van der Waals surface area contributed by atoms with Crippen molar-refractivity contribution in [2.24, 2.45) is 10.9 Å². The first-order chi connectivity index (χ1) is 12.1. The Labute approximate surface area is 144 Å². The van der Waals surface area contributed by atoms with Crippen molar-refractivity contribution in [3.8, 4) is 5.75 Å². The topological polar surface area (TPSA) is 88.1 Å². The van der Waals surface area contributed by atoms with Gasteiger partial charge in [-0.2, -0.15) is 4.99 Å². The lowest BCUT2D eigenvalue weighted by atomic mass is 10.0. The minimum atomic E-state index is -1.43. The molecule has 0 fully saturated rings. The summed E-state index contributed by atoms with van der Waals surface area (Å²) in [4.78, 5) is 41.7. The van der Waals surface area contributed by atoms with Crippen LogP contribution >= 0.6 is 0 Å². The third-order valence-corrected chi connectivity index (χ3v) is 3.93. The summed E-state index contributed by atoms with van der Waals surface area (Å²) in [5.74, 6) is -2.40. The van der Waals surface area contributed by atoms with Crippen LogP contribution in [-0.4, -0.2) is 42.1 Å². The fourth-order valence-corrected chi connectivity index (χ4v) is 2.58. The second-order valence-electron chi connectivity index (χ2n) is 5.54. The standard InChI is InChI=1S/C18H17N3O4/c1-25-13-7-5-12(6-8-13)9-10-19-16(22)15-17(23)20-14-4-2-3-11-21(14)18(15)24/h2-8,11,15H,9-10H2,1H3,(H,19,22). The van der Waals surface area contributed by atoms with Crippen molar-refractivity contribution in [2.75, 3.05) is 13.7 Å². The van der Waals surface area contributed by atoms with Gasteiger partial charge in [0.05, 0.1) is 7.11 Å². The lowest BCUT2D eigenvalue weighted by Crippen LogP contribution is -2.51. The number of nitrogens with one attached hydrogen (secondary N) is 1. The van der Waals surface area contributed by atoms with E-state index in [-0.39, 0.29) is 5.84 Å². The molecule has 0 aromatic heterocycles. The van der Waals surface area contributed by atoms with Crippen LogP contribution in [0.5, 0.6) is 5.75 Å². The van der Waals surface area contributed by atoms with E-state index < -0.39 is 23.6 Å². The smallest absolute Gasteiger partial charge is 0.269 e. The minimum Gasteiger partial charge on any atom is -0.497 e. The second kappa shape index (κ2) is 7.12. The number of methoxy groups -OCH3 is 1. The van der Waals surface area contributed by atoms with E-state index in [2.05, 4.69) is 10.3 Å². The maximum absolute atomic E-state index is 12.4. The number of ether oxygens (including phenoxy) is 1. The van der Waals surface area contributed by atoms with E-state index in [0.29, 0.717) is 13.0 Å². The molecule has 2 heterocycles. The molecule has 0 bridgehead atoms. The molecule has 0 radical (unpaired) electrons. The molecule has 1 aromatic carbocycles. The van der Waals surface area contributed by atoms with Gasteiger partial charge in [0.25, 0.3) is 11.8 Å². The highest BCUT2D eigenvalue weighted by Crippen LogP contribution is 2.17. The van der Waals surface area contributed by atoms with Crippen LogP contribution in [0.25, 0.3) is 0 Å². The number of hydrogen-bond acceptors (Lipinski definition) is 4. The van der Waals surface area contributed by atoms with Crippen LogP contribution in [0.15, 0.2) is 53.7 Å². The molecule has 1 atom stereocenters. The van der Waals surface area contributed by atoms with Crippen LogP contribution in [0.4, 0.5) is 0 Å². The van der Waals surface area contributed by atoms with Gasteiger partial charge in [0.2, 0.25) is 5.91 Å². The molecule has 7 heteroatoms. The quantitative estimate of drug-likeness (QED) is 0.805. The van der Waals surface area contributed by atoms with E-state index in [9.17, 15) is 14.4 Å². The molecule has 3 amide bonds. The average molecular weight is 339 g/mol. The Morgan fingerprint density at radius 3 is 2.72 bits per heavy atom. The number of carbonyl (C=O) groups is 3. The number of fused-ring (bicyclic) bond motifs is 1. The van der Waals surface area contributed by atoms with Crippen LogP contribution < -0.4 is 10.1 Å². The van der Waals surface area contributed by atoms with Gasteiger partial charge in [-0.15, -0.1) is 0 Å². The zero-order chi connectivity index (χ0) is 17.8. The normalized spacial score (nSPS) is 18.7. The van der Waals surface area contributed by atoms with Crippen molar-refractivity contribution >= 4 is 23.6 Å². The highest BCUT2D eigenvalue weighted by molar-refractivity contribution is 6.27. The number of hydrogen-bond donors (Lipinski definition) is 1. The highest BCUT2D eigenvalue weighted by atomic mass is 16.5. The van der Waals surface area contributed by atoms with Gasteiger partial charge in [-0.25, -0.2) is 0 Å². The largest absolute Gasteiger partial charge is 0.497 e. The summed E-state index contributed by atoms with van der Waals surface area (Å²) < 4.78 is 5.09. The van der Waals surface area contributed by atoms with Crippen LogP contribution in [0, 0.1) is 5.92 Å². The molecule has 2 aliphatic rings. The number of amidine groups is 1. The third kappa shape index (κ3) is 3.50. The molecular weight excluding hydrogens is 322 g/mol. The Morgan fingerprint density at radius 2 is 2.00 bits per heavy atom. The van der Waals surface area contributed by atoms with Gasteiger partial charge in [-0.3, -0.25) is 19.3 Å². The number of rotatable bonds is 5. The summed E-state index contributed by atoms with van der Waals surface area (Å²) in [5, 5.41) is 2.64. The van der Waals surface area contributed by atoms with Gasteiger partial charge < -0.3 is 10.1 Å². The Kier molecular flexibility index (Phi) is 4.74. The number of amides is 3. The van der Waals surface area contributed by atoms with E-state index in [0.717, 1.165) is 11.3 Å². The zero-order valence-electron chi connectivity index (χ0n) is 13.6. The van der Waals surface area contributed by atoms with Crippen LogP contribution in [-0.2, 0) is 20.8 Å². The average Bonchev–Trinajstić information content (AvgIpc) is 2.62. The van der Waals surface area contributed by atoms with Crippen LogP contribution in [0.2, 0.25) is 0 Å². The molecule has 25 heavy (non-hydrogen) atoms. The number of nitrogens with zero attached hydrogens (tertiary/aromatic N) is 2. The number of carbonyl (C=O) groups excluding carboxylic acids is 3. The van der Waals surface area contributed by atoms with Crippen LogP contribution in [0.1, 0.15) is 5.56 Å². The van der Waals surface area contributed by atoms with Gasteiger partial charge >= 0.3 is 0 Å².